The lowest BCUT2D eigenvalue weighted by Gasteiger charge is -2.21. The van der Waals surface area contributed by atoms with Crippen LogP contribution in [0.4, 0.5) is 0 Å². The summed E-state index contributed by atoms with van der Waals surface area (Å²) < 4.78 is 68.1. The van der Waals surface area contributed by atoms with E-state index in [9.17, 15) is 43.2 Å². The number of carbonyl (C=O) groups excluding carboxylic acids is 4. The molecule has 0 radical (unpaired) electrons. The first kappa shape index (κ1) is 86.0. The maximum atomic E-state index is 13.0. The van der Waals surface area contributed by atoms with Crippen LogP contribution in [0.2, 0.25) is 0 Å². The fourth-order valence-corrected chi connectivity index (χ4v) is 11.1. The number of allylic oxidation sites excluding steroid dienone is 8. The molecule has 89 heavy (non-hydrogen) atoms. The lowest BCUT2D eigenvalue weighted by Crippen LogP contribution is -2.30. The molecule has 0 aromatic heterocycles. The monoisotopic (exact) mass is 1300 g/mol. The molecule has 0 spiro atoms. The van der Waals surface area contributed by atoms with Crippen LogP contribution in [0.25, 0.3) is 0 Å². The zero-order valence-electron chi connectivity index (χ0n) is 56.7. The molecule has 0 rings (SSSR count). The quantitative estimate of drug-likeness (QED) is 0.0169. The molecule has 520 valence electrons. The van der Waals surface area contributed by atoms with Gasteiger partial charge in [0, 0.05) is 25.7 Å². The maximum Gasteiger partial charge on any atom is 0.472 e. The number of phosphoric ester groups is 2. The first-order valence-electron chi connectivity index (χ1n) is 35.2. The van der Waals surface area contributed by atoms with Gasteiger partial charge in [-0.05, 0) is 88.9 Å². The summed E-state index contributed by atoms with van der Waals surface area (Å²) >= 11 is 0. The van der Waals surface area contributed by atoms with Crippen molar-refractivity contribution in [3.63, 3.8) is 0 Å². The van der Waals surface area contributed by atoms with Crippen LogP contribution in [0, 0.1) is 11.8 Å². The van der Waals surface area contributed by atoms with Gasteiger partial charge in [0.05, 0.1) is 26.4 Å². The van der Waals surface area contributed by atoms with Gasteiger partial charge in [0.25, 0.3) is 0 Å². The fourth-order valence-electron chi connectivity index (χ4n) is 9.48. The van der Waals surface area contributed by atoms with Gasteiger partial charge in [-0.1, -0.05) is 251 Å². The third-order valence-electron chi connectivity index (χ3n) is 15.3. The Morgan fingerprint density at radius 1 is 0.371 bits per heavy atom. The minimum atomic E-state index is -4.96. The second kappa shape index (κ2) is 61.2. The Balaban J connectivity index is 5.31. The second-order valence-electron chi connectivity index (χ2n) is 24.6. The molecule has 0 heterocycles. The predicted molar refractivity (Wildman–Crippen MR) is 358 cm³/mol. The summed E-state index contributed by atoms with van der Waals surface area (Å²) in [5.41, 5.74) is 0. The molecular formula is C70H128O17P2. The molecule has 0 aliphatic heterocycles. The number of hydrogen-bond donors (Lipinski definition) is 3. The number of aliphatic hydroxyl groups excluding tert-OH is 1. The topological polar surface area (TPSA) is 237 Å². The molecule has 3 unspecified atom stereocenters. The van der Waals surface area contributed by atoms with Gasteiger partial charge in [-0.3, -0.25) is 37.3 Å². The Morgan fingerprint density at radius 3 is 1.00 bits per heavy atom. The van der Waals surface area contributed by atoms with Crippen LogP contribution in [0.3, 0.4) is 0 Å². The van der Waals surface area contributed by atoms with Crippen molar-refractivity contribution in [1.29, 1.82) is 0 Å². The third kappa shape index (κ3) is 62.3. The highest BCUT2D eigenvalue weighted by Crippen LogP contribution is 2.45. The van der Waals surface area contributed by atoms with Gasteiger partial charge in [-0.25, -0.2) is 9.13 Å². The summed E-state index contributed by atoms with van der Waals surface area (Å²) in [6, 6.07) is 0. The summed E-state index contributed by atoms with van der Waals surface area (Å²) in [5.74, 6) is -0.790. The van der Waals surface area contributed by atoms with Gasteiger partial charge in [-0.15, -0.1) is 0 Å². The Labute approximate surface area is 540 Å². The van der Waals surface area contributed by atoms with E-state index in [-0.39, 0.29) is 25.7 Å². The van der Waals surface area contributed by atoms with Gasteiger partial charge in [-0.2, -0.15) is 0 Å². The van der Waals surface area contributed by atoms with E-state index >= 15 is 0 Å². The van der Waals surface area contributed by atoms with Gasteiger partial charge in [0.1, 0.15) is 19.3 Å². The number of rotatable bonds is 65. The van der Waals surface area contributed by atoms with Crippen molar-refractivity contribution in [1.82, 2.24) is 0 Å². The maximum absolute atomic E-state index is 13.0. The molecular weight excluding hydrogens is 1170 g/mol. The van der Waals surface area contributed by atoms with E-state index in [0.29, 0.717) is 31.6 Å². The van der Waals surface area contributed by atoms with Crippen molar-refractivity contribution in [2.75, 3.05) is 39.6 Å². The highest BCUT2D eigenvalue weighted by atomic mass is 31.2. The summed E-state index contributed by atoms with van der Waals surface area (Å²) in [6.07, 6.45) is 51.8. The smallest absolute Gasteiger partial charge is 0.462 e. The summed E-state index contributed by atoms with van der Waals surface area (Å²) in [5, 5.41) is 10.6. The zero-order valence-corrected chi connectivity index (χ0v) is 58.5. The number of ether oxygens (including phenoxy) is 4. The van der Waals surface area contributed by atoms with E-state index in [1.54, 1.807) is 0 Å². The van der Waals surface area contributed by atoms with E-state index in [1.165, 1.54) is 83.5 Å². The van der Waals surface area contributed by atoms with Crippen LogP contribution in [0.15, 0.2) is 48.6 Å². The molecule has 0 fully saturated rings. The molecule has 6 atom stereocenters. The normalized spacial score (nSPS) is 14.8. The summed E-state index contributed by atoms with van der Waals surface area (Å²) in [7, 11) is -9.92. The van der Waals surface area contributed by atoms with Crippen molar-refractivity contribution >= 4 is 39.5 Å². The lowest BCUT2D eigenvalue weighted by atomic mass is 10.00. The van der Waals surface area contributed by atoms with E-state index in [4.69, 9.17) is 37.0 Å². The predicted octanol–water partition coefficient (Wildman–Crippen LogP) is 19.1. The Kier molecular flexibility index (Phi) is 59.2. The zero-order chi connectivity index (χ0) is 65.7. The van der Waals surface area contributed by atoms with Crippen LogP contribution in [-0.2, 0) is 65.4 Å². The van der Waals surface area contributed by atoms with Crippen LogP contribution < -0.4 is 0 Å². The van der Waals surface area contributed by atoms with Crippen molar-refractivity contribution in [2.45, 2.75) is 323 Å². The Bertz CT molecular complexity index is 1920. The molecule has 0 saturated heterocycles. The molecule has 0 saturated carbocycles. The highest BCUT2D eigenvalue weighted by molar-refractivity contribution is 7.47. The average molecular weight is 1300 g/mol. The average Bonchev–Trinajstić information content (AvgIpc) is 3.72. The number of hydrogen-bond acceptors (Lipinski definition) is 15. The first-order valence-corrected chi connectivity index (χ1v) is 38.2. The largest absolute Gasteiger partial charge is 0.472 e. The fraction of sp³-hybridized carbons (Fsp3) is 0.829. The van der Waals surface area contributed by atoms with E-state index in [1.807, 2.05) is 0 Å². The number of carbonyl (C=O) groups is 4. The molecule has 0 aliphatic rings. The number of unbranched alkanes of at least 4 members (excludes halogenated alkanes) is 28. The van der Waals surface area contributed by atoms with Gasteiger partial charge >= 0.3 is 39.5 Å². The second-order valence-corrected chi connectivity index (χ2v) is 27.5. The van der Waals surface area contributed by atoms with Crippen LogP contribution in [0.1, 0.15) is 305 Å². The van der Waals surface area contributed by atoms with Crippen molar-refractivity contribution in [3.8, 4) is 0 Å². The Morgan fingerprint density at radius 2 is 0.663 bits per heavy atom. The van der Waals surface area contributed by atoms with Crippen LogP contribution in [0.5, 0.6) is 0 Å². The molecule has 19 heteroatoms. The summed E-state index contributed by atoms with van der Waals surface area (Å²) in [4.78, 5) is 72.4. The van der Waals surface area contributed by atoms with E-state index < -0.39 is 97.5 Å². The molecule has 0 bridgehead atoms. The number of phosphoric acid groups is 2. The molecule has 17 nitrogen and oxygen atoms in total. The standard InChI is InChI=1S/C70H128O17P2/c1-7-10-12-14-16-18-20-22-24-26-28-30-32-42-48-54-69(74)86-65(58-80-67(72)52-46-40-36-34-38-44-50-62(4)5)60-84-88(76,77)82-56-64(71)57-83-89(78,79)85-61-66(59-81-68(73)53-47-41-37-35-39-45-51-63(6)9-3)87-70(75)55-49-43-33-31-29-27-25-23-21-19-17-15-13-11-8-2/h18-25,62-66,71H,7-17,26-61H2,1-6H3,(H,76,77)(H,78,79)/b20-18-,21-19-,24-22-,25-23-/t63?,64-,65-,66-/m1/s1. The van der Waals surface area contributed by atoms with Crippen molar-refractivity contribution in [3.05, 3.63) is 48.6 Å². The molecule has 3 N–H and O–H groups in total. The third-order valence-corrected chi connectivity index (χ3v) is 17.2. The van der Waals surface area contributed by atoms with Gasteiger partial charge in [0.2, 0.25) is 0 Å². The first-order chi connectivity index (χ1) is 42.9. The molecule has 0 aliphatic carbocycles. The van der Waals surface area contributed by atoms with Crippen molar-refractivity contribution in [2.24, 2.45) is 11.8 Å². The molecule has 0 aromatic rings. The van der Waals surface area contributed by atoms with Gasteiger partial charge in [0.15, 0.2) is 12.2 Å². The van der Waals surface area contributed by atoms with Crippen LogP contribution in [-0.4, -0.2) is 96.7 Å². The number of esters is 4. The Hall–Kier alpha value is -2.98. The minimum absolute atomic E-state index is 0.0810. The molecule has 0 amide bonds. The van der Waals surface area contributed by atoms with Crippen LogP contribution >= 0.6 is 15.6 Å². The van der Waals surface area contributed by atoms with Crippen molar-refractivity contribution < 1.29 is 80.2 Å². The van der Waals surface area contributed by atoms with E-state index in [0.717, 1.165) is 134 Å². The molecule has 0 aromatic carbocycles. The number of aliphatic hydroxyl groups is 1. The minimum Gasteiger partial charge on any atom is -0.462 e. The highest BCUT2D eigenvalue weighted by Gasteiger charge is 2.30. The SMILES string of the molecule is CCCCCC/C=C\C=C/CCCCCCCC(=O)O[C@H](COC(=O)CCCCCCCCC(C)C)COP(=O)(O)OC[C@@H](O)COP(=O)(O)OC[C@@H](COC(=O)CCCCCCCCC(C)CC)OC(=O)CCCCCCC/C=C\C=C/CCCCCC. The lowest BCUT2D eigenvalue weighted by molar-refractivity contribution is -0.161. The van der Waals surface area contributed by atoms with Gasteiger partial charge < -0.3 is 33.8 Å². The summed E-state index contributed by atoms with van der Waals surface area (Å²) in [6.45, 7) is 9.27. The van der Waals surface area contributed by atoms with E-state index in [2.05, 4.69) is 90.2 Å².